The standard InChI is InChI=1S/C15H19BrN2S/c1-18(11-13-5-3-2-4-6-13)8-7-17-10-15-9-14(16)12-19-15/h2-6,9,12,17H,7-8,10-11H2,1H3. The van der Waals surface area contributed by atoms with Crippen molar-refractivity contribution in [1.29, 1.82) is 0 Å². The van der Waals surface area contributed by atoms with Crippen molar-refractivity contribution in [2.45, 2.75) is 13.1 Å². The molecule has 4 heteroatoms. The summed E-state index contributed by atoms with van der Waals surface area (Å²) in [4.78, 5) is 3.71. The van der Waals surface area contributed by atoms with Gasteiger partial charge in [-0.2, -0.15) is 0 Å². The highest BCUT2D eigenvalue weighted by atomic mass is 79.9. The number of nitrogens with zero attached hydrogens (tertiary/aromatic N) is 1. The maximum absolute atomic E-state index is 3.48. The molecule has 19 heavy (non-hydrogen) atoms. The van der Waals surface area contributed by atoms with Crippen LogP contribution in [-0.4, -0.2) is 25.0 Å². The van der Waals surface area contributed by atoms with Crippen molar-refractivity contribution in [3.05, 3.63) is 56.7 Å². The van der Waals surface area contributed by atoms with Crippen molar-refractivity contribution >= 4 is 27.3 Å². The van der Waals surface area contributed by atoms with Gasteiger partial charge in [-0.3, -0.25) is 0 Å². The SMILES string of the molecule is CN(CCNCc1cc(Br)cs1)Cc1ccccc1. The third-order valence-corrected chi connectivity index (χ3v) is 4.58. The van der Waals surface area contributed by atoms with Crippen LogP contribution in [-0.2, 0) is 13.1 Å². The number of likely N-dealkylation sites (N-methyl/N-ethyl adjacent to an activating group) is 1. The van der Waals surface area contributed by atoms with E-state index in [0.29, 0.717) is 0 Å². The Balaban J connectivity index is 1.63. The molecule has 1 aromatic carbocycles. The van der Waals surface area contributed by atoms with E-state index < -0.39 is 0 Å². The zero-order valence-corrected chi connectivity index (χ0v) is 13.5. The molecular formula is C15H19BrN2S. The summed E-state index contributed by atoms with van der Waals surface area (Å²) in [6.07, 6.45) is 0. The van der Waals surface area contributed by atoms with E-state index in [2.05, 4.69) is 75.0 Å². The summed E-state index contributed by atoms with van der Waals surface area (Å²) >= 11 is 5.26. The molecule has 0 bridgehead atoms. The molecule has 0 aliphatic heterocycles. The molecule has 0 saturated carbocycles. The molecule has 2 rings (SSSR count). The van der Waals surface area contributed by atoms with Gasteiger partial charge in [0, 0.05) is 40.9 Å². The van der Waals surface area contributed by atoms with Crippen molar-refractivity contribution in [2.75, 3.05) is 20.1 Å². The van der Waals surface area contributed by atoms with Crippen LogP contribution in [0.15, 0.2) is 46.3 Å². The van der Waals surface area contributed by atoms with Gasteiger partial charge in [-0.05, 0) is 34.6 Å². The molecule has 0 amide bonds. The second kappa shape index (κ2) is 7.80. The van der Waals surface area contributed by atoms with Crippen LogP contribution in [0.25, 0.3) is 0 Å². The summed E-state index contributed by atoms with van der Waals surface area (Å²) in [5.74, 6) is 0. The summed E-state index contributed by atoms with van der Waals surface area (Å²) in [5.41, 5.74) is 1.37. The number of benzene rings is 1. The normalized spacial score (nSPS) is 11.1. The van der Waals surface area contributed by atoms with Crippen LogP contribution in [0.4, 0.5) is 0 Å². The van der Waals surface area contributed by atoms with E-state index in [1.165, 1.54) is 14.9 Å². The van der Waals surface area contributed by atoms with E-state index in [9.17, 15) is 0 Å². The number of hydrogen-bond donors (Lipinski definition) is 1. The van der Waals surface area contributed by atoms with Gasteiger partial charge >= 0.3 is 0 Å². The van der Waals surface area contributed by atoms with Crippen molar-refractivity contribution in [3.8, 4) is 0 Å². The largest absolute Gasteiger partial charge is 0.311 e. The molecule has 1 heterocycles. The van der Waals surface area contributed by atoms with Crippen LogP contribution < -0.4 is 5.32 Å². The summed E-state index contributed by atoms with van der Waals surface area (Å²) in [7, 11) is 2.16. The predicted octanol–water partition coefficient (Wildman–Crippen LogP) is 3.73. The highest BCUT2D eigenvalue weighted by molar-refractivity contribution is 9.10. The van der Waals surface area contributed by atoms with E-state index in [0.717, 1.165) is 26.2 Å². The third kappa shape index (κ3) is 5.45. The van der Waals surface area contributed by atoms with Crippen LogP contribution in [0, 0.1) is 0 Å². The van der Waals surface area contributed by atoms with Gasteiger partial charge in [0.1, 0.15) is 0 Å². The molecule has 1 N–H and O–H groups in total. The number of nitrogens with one attached hydrogen (secondary N) is 1. The Kier molecular flexibility index (Phi) is 6.04. The molecule has 102 valence electrons. The number of rotatable bonds is 7. The van der Waals surface area contributed by atoms with Gasteiger partial charge in [0.15, 0.2) is 0 Å². The van der Waals surface area contributed by atoms with Crippen LogP contribution in [0.1, 0.15) is 10.4 Å². The van der Waals surface area contributed by atoms with Crippen molar-refractivity contribution in [1.82, 2.24) is 10.2 Å². The average Bonchev–Trinajstić information content (AvgIpc) is 2.82. The molecule has 2 aromatic rings. The highest BCUT2D eigenvalue weighted by Crippen LogP contribution is 2.19. The van der Waals surface area contributed by atoms with Gasteiger partial charge in [-0.15, -0.1) is 11.3 Å². The summed E-state index contributed by atoms with van der Waals surface area (Å²) in [6, 6.07) is 12.8. The topological polar surface area (TPSA) is 15.3 Å². The molecule has 0 atom stereocenters. The lowest BCUT2D eigenvalue weighted by Crippen LogP contribution is -2.28. The zero-order chi connectivity index (χ0) is 13.5. The Morgan fingerprint density at radius 3 is 2.74 bits per heavy atom. The number of thiophene rings is 1. The summed E-state index contributed by atoms with van der Waals surface area (Å²) < 4.78 is 1.18. The monoisotopic (exact) mass is 338 g/mol. The molecule has 0 aliphatic carbocycles. The highest BCUT2D eigenvalue weighted by Gasteiger charge is 2.00. The molecule has 0 spiro atoms. The second-order valence-electron chi connectivity index (χ2n) is 4.63. The maximum atomic E-state index is 3.48. The first-order valence-corrected chi connectivity index (χ1v) is 8.07. The van der Waals surface area contributed by atoms with Crippen molar-refractivity contribution in [3.63, 3.8) is 0 Å². The van der Waals surface area contributed by atoms with Gasteiger partial charge in [-0.25, -0.2) is 0 Å². The Morgan fingerprint density at radius 1 is 1.26 bits per heavy atom. The molecule has 0 aliphatic rings. The Labute approximate surface area is 127 Å². The molecule has 0 saturated heterocycles. The Bertz CT molecular complexity index is 484. The van der Waals surface area contributed by atoms with Gasteiger partial charge in [0.25, 0.3) is 0 Å². The average molecular weight is 339 g/mol. The fourth-order valence-corrected chi connectivity index (χ4v) is 3.32. The van der Waals surface area contributed by atoms with Crippen molar-refractivity contribution < 1.29 is 0 Å². The van der Waals surface area contributed by atoms with E-state index in [-0.39, 0.29) is 0 Å². The molecule has 1 aromatic heterocycles. The van der Waals surface area contributed by atoms with Gasteiger partial charge in [0.05, 0.1) is 0 Å². The molecular weight excluding hydrogens is 320 g/mol. The van der Waals surface area contributed by atoms with Crippen molar-refractivity contribution in [2.24, 2.45) is 0 Å². The van der Waals surface area contributed by atoms with Gasteiger partial charge < -0.3 is 10.2 Å². The third-order valence-electron chi connectivity index (χ3n) is 2.89. The van der Waals surface area contributed by atoms with Crippen LogP contribution >= 0.6 is 27.3 Å². The van der Waals surface area contributed by atoms with E-state index >= 15 is 0 Å². The molecule has 0 unspecified atom stereocenters. The summed E-state index contributed by atoms with van der Waals surface area (Å²) in [5, 5.41) is 5.60. The zero-order valence-electron chi connectivity index (χ0n) is 11.1. The Morgan fingerprint density at radius 2 is 2.05 bits per heavy atom. The minimum Gasteiger partial charge on any atom is -0.311 e. The maximum Gasteiger partial charge on any atom is 0.0300 e. The van der Waals surface area contributed by atoms with Crippen LogP contribution in [0.3, 0.4) is 0 Å². The lowest BCUT2D eigenvalue weighted by Gasteiger charge is -2.16. The summed E-state index contributed by atoms with van der Waals surface area (Å²) in [6.45, 7) is 4.03. The Hall–Kier alpha value is -0.680. The van der Waals surface area contributed by atoms with E-state index in [1.807, 2.05) is 0 Å². The lowest BCUT2D eigenvalue weighted by molar-refractivity contribution is 0.324. The lowest BCUT2D eigenvalue weighted by atomic mass is 10.2. The van der Waals surface area contributed by atoms with E-state index in [1.54, 1.807) is 11.3 Å². The van der Waals surface area contributed by atoms with E-state index in [4.69, 9.17) is 0 Å². The fourth-order valence-electron chi connectivity index (χ4n) is 1.90. The smallest absolute Gasteiger partial charge is 0.0300 e. The first kappa shape index (κ1) is 14.7. The minimum atomic E-state index is 0.954. The minimum absolute atomic E-state index is 0.954. The number of halogens is 1. The van der Waals surface area contributed by atoms with Gasteiger partial charge in [0.2, 0.25) is 0 Å². The van der Waals surface area contributed by atoms with Gasteiger partial charge in [-0.1, -0.05) is 30.3 Å². The predicted molar refractivity (Wildman–Crippen MR) is 86.5 cm³/mol. The first-order valence-electron chi connectivity index (χ1n) is 6.40. The molecule has 0 fully saturated rings. The first-order chi connectivity index (χ1) is 9.24. The molecule has 2 nitrogen and oxygen atoms in total. The second-order valence-corrected chi connectivity index (χ2v) is 6.54. The number of hydrogen-bond acceptors (Lipinski definition) is 3. The quantitative estimate of drug-likeness (QED) is 0.773. The van der Waals surface area contributed by atoms with Crippen LogP contribution in [0.2, 0.25) is 0 Å². The molecule has 0 radical (unpaired) electrons. The fraction of sp³-hybridized carbons (Fsp3) is 0.333. The van der Waals surface area contributed by atoms with Crippen LogP contribution in [0.5, 0.6) is 0 Å².